The SMILES string of the molecule is COC(=O)c1ncc2c(n1)N=C[C@H]2Br. The zero-order valence-electron chi connectivity index (χ0n) is 7.27. The average Bonchev–Trinajstić information content (AvgIpc) is 2.59. The van der Waals surface area contributed by atoms with Gasteiger partial charge in [0.15, 0.2) is 5.82 Å². The van der Waals surface area contributed by atoms with Gasteiger partial charge in [0.25, 0.3) is 0 Å². The Balaban J connectivity index is 2.42. The molecule has 2 heterocycles. The lowest BCUT2D eigenvalue weighted by Gasteiger charge is -2.01. The van der Waals surface area contributed by atoms with E-state index in [4.69, 9.17) is 0 Å². The maximum absolute atomic E-state index is 11.1. The van der Waals surface area contributed by atoms with Gasteiger partial charge in [-0.2, -0.15) is 0 Å². The summed E-state index contributed by atoms with van der Waals surface area (Å²) in [6.45, 7) is 0. The lowest BCUT2D eigenvalue weighted by atomic mass is 10.3. The van der Waals surface area contributed by atoms with E-state index >= 15 is 0 Å². The van der Waals surface area contributed by atoms with Gasteiger partial charge in [0.1, 0.15) is 0 Å². The molecule has 0 bridgehead atoms. The fourth-order valence-electron chi connectivity index (χ4n) is 1.09. The maximum atomic E-state index is 11.1. The molecule has 1 aromatic rings. The third kappa shape index (κ3) is 1.41. The predicted molar refractivity (Wildman–Crippen MR) is 53.2 cm³/mol. The molecule has 0 N–H and O–H groups in total. The van der Waals surface area contributed by atoms with Crippen LogP contribution in [0.5, 0.6) is 0 Å². The summed E-state index contributed by atoms with van der Waals surface area (Å²) >= 11 is 3.37. The van der Waals surface area contributed by atoms with Crippen molar-refractivity contribution in [2.75, 3.05) is 7.11 Å². The molecule has 0 saturated carbocycles. The number of hydrogen-bond acceptors (Lipinski definition) is 5. The molecule has 0 unspecified atom stereocenters. The molecule has 5 nitrogen and oxygen atoms in total. The van der Waals surface area contributed by atoms with Crippen LogP contribution in [-0.2, 0) is 4.74 Å². The third-order valence-electron chi connectivity index (χ3n) is 1.79. The van der Waals surface area contributed by atoms with Crippen molar-refractivity contribution < 1.29 is 9.53 Å². The van der Waals surface area contributed by atoms with Crippen LogP contribution in [-0.4, -0.2) is 29.3 Å². The van der Waals surface area contributed by atoms with E-state index in [-0.39, 0.29) is 10.7 Å². The van der Waals surface area contributed by atoms with Crippen LogP contribution in [0.4, 0.5) is 5.82 Å². The van der Waals surface area contributed by atoms with Gasteiger partial charge in [-0.1, -0.05) is 15.9 Å². The molecule has 0 spiro atoms. The van der Waals surface area contributed by atoms with E-state index < -0.39 is 5.97 Å². The van der Waals surface area contributed by atoms with Crippen molar-refractivity contribution in [3.05, 3.63) is 17.6 Å². The Morgan fingerprint density at radius 1 is 1.64 bits per heavy atom. The quantitative estimate of drug-likeness (QED) is 0.563. The molecule has 0 amide bonds. The Morgan fingerprint density at radius 3 is 3.14 bits per heavy atom. The highest BCUT2D eigenvalue weighted by atomic mass is 79.9. The first-order valence-corrected chi connectivity index (χ1v) is 4.77. The molecule has 0 saturated heterocycles. The molecule has 6 heteroatoms. The molecule has 72 valence electrons. The maximum Gasteiger partial charge on any atom is 0.376 e. The number of nitrogens with zero attached hydrogens (tertiary/aromatic N) is 3. The molecule has 14 heavy (non-hydrogen) atoms. The first-order valence-electron chi connectivity index (χ1n) is 3.86. The lowest BCUT2D eigenvalue weighted by Crippen LogP contribution is -2.07. The van der Waals surface area contributed by atoms with Crippen LogP contribution in [0.2, 0.25) is 0 Å². The molecule has 1 aliphatic heterocycles. The lowest BCUT2D eigenvalue weighted by molar-refractivity contribution is 0.0587. The summed E-state index contributed by atoms with van der Waals surface area (Å²) in [5.74, 6) is -0.00621. The number of methoxy groups -OCH3 is 1. The van der Waals surface area contributed by atoms with Crippen molar-refractivity contribution >= 4 is 33.9 Å². The molecule has 2 rings (SSSR count). The van der Waals surface area contributed by atoms with Crippen molar-refractivity contribution in [3.8, 4) is 0 Å². The number of esters is 1. The number of fused-ring (bicyclic) bond motifs is 1. The van der Waals surface area contributed by atoms with E-state index in [2.05, 4.69) is 35.6 Å². The van der Waals surface area contributed by atoms with Crippen molar-refractivity contribution in [2.24, 2.45) is 4.99 Å². The van der Waals surface area contributed by atoms with Crippen molar-refractivity contribution in [1.82, 2.24) is 9.97 Å². The fourth-order valence-corrected chi connectivity index (χ4v) is 1.53. The molecular formula is C8H6BrN3O2. The smallest absolute Gasteiger partial charge is 0.376 e. The number of carbonyl (C=O) groups excluding carboxylic acids is 1. The van der Waals surface area contributed by atoms with Crippen LogP contribution in [0.15, 0.2) is 11.2 Å². The van der Waals surface area contributed by atoms with Crippen molar-refractivity contribution in [1.29, 1.82) is 0 Å². The molecule has 0 fully saturated rings. The van der Waals surface area contributed by atoms with Crippen molar-refractivity contribution in [2.45, 2.75) is 4.83 Å². The summed E-state index contributed by atoms with van der Waals surface area (Å²) in [5.41, 5.74) is 0.859. The first kappa shape index (κ1) is 9.26. The van der Waals surface area contributed by atoms with Crippen LogP contribution in [0, 0.1) is 0 Å². The summed E-state index contributed by atoms with van der Waals surface area (Å²) in [6, 6.07) is 0. The van der Waals surface area contributed by atoms with Gasteiger partial charge in [0.2, 0.25) is 5.82 Å². The summed E-state index contributed by atoms with van der Waals surface area (Å²) in [4.78, 5) is 23.0. The second-order valence-corrected chi connectivity index (χ2v) is 3.63. The highest BCUT2D eigenvalue weighted by molar-refractivity contribution is 9.09. The molecule has 0 aromatic carbocycles. The van der Waals surface area contributed by atoms with Gasteiger partial charge in [-0.15, -0.1) is 0 Å². The predicted octanol–water partition coefficient (Wildman–Crippen LogP) is 1.42. The van der Waals surface area contributed by atoms with Gasteiger partial charge in [-0.05, 0) is 0 Å². The van der Waals surface area contributed by atoms with Gasteiger partial charge < -0.3 is 4.74 Å². The van der Waals surface area contributed by atoms with E-state index in [1.54, 1.807) is 12.4 Å². The Labute approximate surface area is 88.4 Å². The molecule has 1 aliphatic rings. The zero-order valence-corrected chi connectivity index (χ0v) is 8.85. The van der Waals surface area contributed by atoms with E-state index in [1.807, 2.05) is 0 Å². The molecule has 1 atom stereocenters. The monoisotopic (exact) mass is 255 g/mol. The van der Waals surface area contributed by atoms with Crippen molar-refractivity contribution in [3.63, 3.8) is 0 Å². The Morgan fingerprint density at radius 2 is 2.43 bits per heavy atom. The molecule has 1 aromatic heterocycles. The van der Waals surface area contributed by atoms with Gasteiger partial charge >= 0.3 is 5.97 Å². The van der Waals surface area contributed by atoms with Gasteiger partial charge in [0.05, 0.1) is 11.9 Å². The number of carbonyl (C=O) groups is 1. The largest absolute Gasteiger partial charge is 0.463 e. The van der Waals surface area contributed by atoms with E-state index in [0.717, 1.165) is 5.56 Å². The molecule has 0 aliphatic carbocycles. The van der Waals surface area contributed by atoms with Gasteiger partial charge in [0, 0.05) is 18.0 Å². The minimum absolute atomic E-state index is 0.0317. The number of ether oxygens (including phenoxy) is 1. The fraction of sp³-hybridized carbons (Fsp3) is 0.250. The zero-order chi connectivity index (χ0) is 10.1. The summed E-state index contributed by atoms with van der Waals surface area (Å²) in [5, 5.41) is 0. The second-order valence-electron chi connectivity index (χ2n) is 2.64. The van der Waals surface area contributed by atoms with Crippen LogP contribution in [0.3, 0.4) is 0 Å². The molecular weight excluding hydrogens is 250 g/mol. The van der Waals surface area contributed by atoms with Crippen LogP contribution in [0.25, 0.3) is 0 Å². The van der Waals surface area contributed by atoms with Crippen LogP contribution in [0.1, 0.15) is 21.0 Å². The topological polar surface area (TPSA) is 64.4 Å². The summed E-state index contributed by atoms with van der Waals surface area (Å²) < 4.78 is 4.50. The number of hydrogen-bond donors (Lipinski definition) is 0. The summed E-state index contributed by atoms with van der Waals surface area (Å²) in [6.07, 6.45) is 3.27. The van der Waals surface area contributed by atoms with Crippen LogP contribution >= 0.6 is 15.9 Å². The standard InChI is InChI=1S/C8H6BrN3O2/c1-14-8(13)7-10-2-4-5(9)3-11-6(4)12-7/h2-3,5H,1H3/t5-/m1/s1. The van der Waals surface area contributed by atoms with Gasteiger partial charge in [-0.3, -0.25) is 0 Å². The van der Waals surface area contributed by atoms with Crippen LogP contribution < -0.4 is 0 Å². The number of aliphatic imine (C=N–C) groups is 1. The molecule has 0 radical (unpaired) electrons. The Hall–Kier alpha value is -1.30. The Bertz CT molecular complexity index is 419. The number of halogens is 1. The minimum atomic E-state index is -0.555. The Kier molecular flexibility index (Phi) is 2.28. The van der Waals surface area contributed by atoms with Gasteiger partial charge in [-0.25, -0.2) is 19.8 Å². The van der Waals surface area contributed by atoms with E-state index in [0.29, 0.717) is 5.82 Å². The highest BCUT2D eigenvalue weighted by Crippen LogP contribution is 2.33. The highest BCUT2D eigenvalue weighted by Gasteiger charge is 2.20. The average molecular weight is 256 g/mol. The number of alkyl halides is 1. The van der Waals surface area contributed by atoms with E-state index in [9.17, 15) is 4.79 Å². The number of rotatable bonds is 1. The second kappa shape index (κ2) is 3.45. The first-order chi connectivity index (χ1) is 6.72. The third-order valence-corrected chi connectivity index (χ3v) is 2.52. The minimum Gasteiger partial charge on any atom is -0.463 e. The number of aromatic nitrogens is 2. The van der Waals surface area contributed by atoms with E-state index in [1.165, 1.54) is 7.11 Å². The normalized spacial score (nSPS) is 18.0. The summed E-state index contributed by atoms with van der Waals surface area (Å²) in [7, 11) is 1.29.